The predicted octanol–water partition coefficient (Wildman–Crippen LogP) is 2.46. The van der Waals surface area contributed by atoms with E-state index in [1.54, 1.807) is 18.5 Å². The lowest BCUT2D eigenvalue weighted by atomic mass is 9.92. The monoisotopic (exact) mass is 279 g/mol. The third-order valence-electron chi connectivity index (χ3n) is 3.35. The molecule has 4 nitrogen and oxygen atoms in total. The van der Waals surface area contributed by atoms with E-state index in [9.17, 15) is 4.79 Å². The van der Waals surface area contributed by atoms with Crippen LogP contribution in [0.15, 0.2) is 23.6 Å². The minimum absolute atomic E-state index is 0.125. The van der Waals surface area contributed by atoms with E-state index in [2.05, 4.69) is 23.8 Å². The molecule has 1 amide bonds. The molecule has 0 aliphatic carbocycles. The molecule has 104 valence electrons. The normalized spacial score (nSPS) is 25.1. The van der Waals surface area contributed by atoms with Crippen LogP contribution in [0.1, 0.15) is 27.2 Å². The van der Waals surface area contributed by atoms with Crippen LogP contribution in [0, 0.1) is 11.8 Å². The van der Waals surface area contributed by atoms with Crippen molar-refractivity contribution >= 4 is 17.7 Å². The molecular weight excluding hydrogens is 258 g/mol. The highest BCUT2D eigenvalue weighted by Gasteiger charge is 2.28. The van der Waals surface area contributed by atoms with Gasteiger partial charge in [-0.15, -0.1) is 0 Å². The molecule has 2 rings (SSSR count). The zero-order valence-corrected chi connectivity index (χ0v) is 12.6. The molecule has 2 heterocycles. The second-order valence-corrected chi connectivity index (χ2v) is 6.79. The molecule has 19 heavy (non-hydrogen) atoms. The fraction of sp³-hybridized carbons (Fsp3) is 0.643. The third kappa shape index (κ3) is 3.93. The second kappa shape index (κ2) is 6.37. The van der Waals surface area contributed by atoms with E-state index in [1.165, 1.54) is 18.2 Å². The first-order valence-corrected chi connectivity index (χ1v) is 7.66. The lowest BCUT2D eigenvalue weighted by Gasteiger charge is -2.36. The van der Waals surface area contributed by atoms with Gasteiger partial charge in [0.2, 0.25) is 5.91 Å². The molecule has 0 bridgehead atoms. The van der Waals surface area contributed by atoms with Crippen molar-refractivity contribution in [2.75, 3.05) is 13.1 Å². The average Bonchev–Trinajstić information content (AvgIpc) is 2.37. The Balaban J connectivity index is 1.95. The van der Waals surface area contributed by atoms with Gasteiger partial charge in [0.1, 0.15) is 0 Å². The molecule has 0 N–H and O–H groups in total. The summed E-state index contributed by atoms with van der Waals surface area (Å²) in [7, 11) is 0. The maximum atomic E-state index is 12.4. The highest BCUT2D eigenvalue weighted by Crippen LogP contribution is 2.25. The van der Waals surface area contributed by atoms with Gasteiger partial charge in [0.05, 0.1) is 5.25 Å². The van der Waals surface area contributed by atoms with Gasteiger partial charge in [-0.3, -0.25) is 4.79 Å². The Morgan fingerprint density at radius 1 is 1.32 bits per heavy atom. The molecule has 0 spiro atoms. The maximum absolute atomic E-state index is 12.4. The van der Waals surface area contributed by atoms with Crippen molar-refractivity contribution in [2.24, 2.45) is 11.8 Å². The van der Waals surface area contributed by atoms with Crippen LogP contribution in [0.2, 0.25) is 0 Å². The summed E-state index contributed by atoms with van der Waals surface area (Å²) in [4.78, 5) is 22.8. The van der Waals surface area contributed by atoms with Gasteiger partial charge in [0.25, 0.3) is 0 Å². The van der Waals surface area contributed by atoms with Crippen molar-refractivity contribution in [1.82, 2.24) is 14.9 Å². The van der Waals surface area contributed by atoms with Gasteiger partial charge >= 0.3 is 0 Å². The molecule has 1 aliphatic rings. The predicted molar refractivity (Wildman–Crippen MR) is 76.9 cm³/mol. The first-order valence-electron chi connectivity index (χ1n) is 6.78. The lowest BCUT2D eigenvalue weighted by molar-refractivity contribution is -0.132. The van der Waals surface area contributed by atoms with Crippen LogP contribution in [0.5, 0.6) is 0 Å². The zero-order valence-electron chi connectivity index (χ0n) is 11.7. The standard InChI is InChI=1S/C14H21N3OS/c1-10-7-11(2)9-17(8-10)13(18)12(3)19-14-15-5-4-6-16-14/h4-6,10-12H,7-9H2,1-3H3. The van der Waals surface area contributed by atoms with Gasteiger partial charge < -0.3 is 4.90 Å². The molecule has 0 radical (unpaired) electrons. The maximum Gasteiger partial charge on any atom is 0.235 e. The topological polar surface area (TPSA) is 46.1 Å². The number of carbonyl (C=O) groups is 1. The first-order chi connectivity index (χ1) is 9.06. The van der Waals surface area contributed by atoms with Crippen LogP contribution in [0.25, 0.3) is 0 Å². The molecule has 3 atom stereocenters. The third-order valence-corrected chi connectivity index (χ3v) is 4.33. The van der Waals surface area contributed by atoms with Crippen LogP contribution in [-0.2, 0) is 4.79 Å². The van der Waals surface area contributed by atoms with E-state index in [-0.39, 0.29) is 11.2 Å². The number of rotatable bonds is 3. The number of likely N-dealkylation sites (tertiary alicyclic amines) is 1. The number of piperidine rings is 1. The van der Waals surface area contributed by atoms with Crippen molar-refractivity contribution in [3.8, 4) is 0 Å². The summed E-state index contributed by atoms with van der Waals surface area (Å²) in [6, 6.07) is 1.78. The fourth-order valence-electron chi connectivity index (χ4n) is 2.65. The zero-order chi connectivity index (χ0) is 13.8. The minimum Gasteiger partial charge on any atom is -0.341 e. The number of aromatic nitrogens is 2. The van der Waals surface area contributed by atoms with Gasteiger partial charge in [0.15, 0.2) is 5.16 Å². The van der Waals surface area contributed by atoms with Crippen molar-refractivity contribution in [3.63, 3.8) is 0 Å². The number of thioether (sulfide) groups is 1. The number of nitrogens with zero attached hydrogens (tertiary/aromatic N) is 3. The van der Waals surface area contributed by atoms with Crippen molar-refractivity contribution < 1.29 is 4.79 Å². The summed E-state index contributed by atoms with van der Waals surface area (Å²) in [6.07, 6.45) is 4.63. The molecule has 1 aromatic rings. The number of hydrogen-bond acceptors (Lipinski definition) is 4. The van der Waals surface area contributed by atoms with E-state index in [4.69, 9.17) is 0 Å². The van der Waals surface area contributed by atoms with Crippen LogP contribution >= 0.6 is 11.8 Å². The van der Waals surface area contributed by atoms with Gasteiger partial charge in [0, 0.05) is 25.5 Å². The van der Waals surface area contributed by atoms with Crippen LogP contribution in [0.4, 0.5) is 0 Å². The van der Waals surface area contributed by atoms with Crippen molar-refractivity contribution in [2.45, 2.75) is 37.6 Å². The summed E-state index contributed by atoms with van der Waals surface area (Å²) in [5.74, 6) is 1.40. The molecular formula is C14H21N3OS. The Morgan fingerprint density at radius 3 is 2.47 bits per heavy atom. The molecule has 1 aromatic heterocycles. The Kier molecular flexibility index (Phi) is 4.80. The largest absolute Gasteiger partial charge is 0.341 e. The van der Waals surface area contributed by atoms with Gasteiger partial charge in [-0.05, 0) is 31.2 Å². The van der Waals surface area contributed by atoms with Gasteiger partial charge in [-0.2, -0.15) is 0 Å². The van der Waals surface area contributed by atoms with Crippen molar-refractivity contribution in [3.05, 3.63) is 18.5 Å². The second-order valence-electron chi connectivity index (χ2n) is 5.48. The van der Waals surface area contributed by atoms with Crippen LogP contribution in [-0.4, -0.2) is 39.1 Å². The Hall–Kier alpha value is -1.10. The van der Waals surface area contributed by atoms with Crippen molar-refractivity contribution in [1.29, 1.82) is 0 Å². The summed E-state index contributed by atoms with van der Waals surface area (Å²) in [5, 5.41) is 0.543. The minimum atomic E-state index is -0.125. The van der Waals surface area contributed by atoms with Gasteiger partial charge in [-0.25, -0.2) is 9.97 Å². The summed E-state index contributed by atoms with van der Waals surface area (Å²) >= 11 is 1.43. The highest BCUT2D eigenvalue weighted by atomic mass is 32.2. The molecule has 3 unspecified atom stereocenters. The fourth-order valence-corrected chi connectivity index (χ4v) is 3.46. The molecule has 1 fully saturated rings. The van der Waals surface area contributed by atoms with E-state index in [0.717, 1.165) is 13.1 Å². The highest BCUT2D eigenvalue weighted by molar-refractivity contribution is 8.00. The number of carbonyl (C=O) groups excluding carboxylic acids is 1. The van der Waals surface area contributed by atoms with E-state index in [0.29, 0.717) is 17.0 Å². The molecule has 5 heteroatoms. The molecule has 0 aromatic carbocycles. The lowest BCUT2D eigenvalue weighted by Crippen LogP contribution is -2.45. The number of amides is 1. The quantitative estimate of drug-likeness (QED) is 0.630. The Bertz CT molecular complexity index is 416. The van der Waals surface area contributed by atoms with E-state index in [1.807, 2.05) is 11.8 Å². The van der Waals surface area contributed by atoms with E-state index < -0.39 is 0 Å². The summed E-state index contributed by atoms with van der Waals surface area (Å²) in [6.45, 7) is 8.13. The molecule has 0 saturated carbocycles. The SMILES string of the molecule is CC1CC(C)CN(C(=O)C(C)Sc2ncccn2)C1. The van der Waals surface area contributed by atoms with Gasteiger partial charge in [-0.1, -0.05) is 25.6 Å². The summed E-state index contributed by atoms with van der Waals surface area (Å²) in [5.41, 5.74) is 0. The smallest absolute Gasteiger partial charge is 0.235 e. The summed E-state index contributed by atoms with van der Waals surface area (Å²) < 4.78 is 0. The first kappa shape index (κ1) is 14.3. The Morgan fingerprint density at radius 2 is 1.89 bits per heavy atom. The Labute approximate surface area is 119 Å². The molecule has 1 saturated heterocycles. The van der Waals surface area contributed by atoms with Crippen LogP contribution in [0.3, 0.4) is 0 Å². The van der Waals surface area contributed by atoms with Crippen LogP contribution < -0.4 is 0 Å². The number of hydrogen-bond donors (Lipinski definition) is 0. The average molecular weight is 279 g/mol. The van der Waals surface area contributed by atoms with E-state index >= 15 is 0 Å². The molecule has 1 aliphatic heterocycles.